The number of nitrogens with one attached hydrogen (secondary N) is 2. The van der Waals surface area contributed by atoms with Gasteiger partial charge in [0.05, 0.1) is 13.2 Å². The van der Waals surface area contributed by atoms with Gasteiger partial charge in [-0.05, 0) is 55.0 Å². The van der Waals surface area contributed by atoms with E-state index in [1.165, 1.54) is 0 Å². The SMILES string of the molecule is Cc1ccc(NC(=O)c2ccc3c(c2)OCCO3)cc1NC(=O)c1ccnc(N2CCOCC2)c1. The lowest BCUT2D eigenvalue weighted by molar-refractivity contribution is 0.101. The van der Waals surface area contributed by atoms with Crippen LogP contribution in [0.25, 0.3) is 0 Å². The highest BCUT2D eigenvalue weighted by molar-refractivity contribution is 6.07. The van der Waals surface area contributed by atoms with Crippen LogP contribution >= 0.6 is 0 Å². The molecule has 2 amide bonds. The number of fused-ring (bicyclic) bond motifs is 1. The van der Waals surface area contributed by atoms with E-state index in [0.29, 0.717) is 60.4 Å². The molecule has 9 heteroatoms. The number of benzene rings is 2. The van der Waals surface area contributed by atoms with Gasteiger partial charge in [-0.25, -0.2) is 4.98 Å². The first kappa shape index (κ1) is 22.7. The molecule has 0 unspecified atom stereocenters. The summed E-state index contributed by atoms with van der Waals surface area (Å²) in [4.78, 5) is 32.3. The van der Waals surface area contributed by atoms with Gasteiger partial charge in [0.1, 0.15) is 19.0 Å². The first-order chi connectivity index (χ1) is 17.1. The predicted octanol–water partition coefficient (Wildman–Crippen LogP) is 3.50. The van der Waals surface area contributed by atoms with Gasteiger partial charge >= 0.3 is 0 Å². The molecule has 180 valence electrons. The molecule has 0 spiro atoms. The minimum atomic E-state index is -0.285. The quantitative estimate of drug-likeness (QED) is 0.584. The number of ether oxygens (including phenoxy) is 3. The molecule has 0 aliphatic carbocycles. The lowest BCUT2D eigenvalue weighted by Crippen LogP contribution is -2.36. The molecule has 1 aromatic heterocycles. The Hall–Kier alpha value is -4.11. The van der Waals surface area contributed by atoms with Crippen molar-refractivity contribution >= 4 is 29.0 Å². The van der Waals surface area contributed by atoms with Gasteiger partial charge in [0.15, 0.2) is 11.5 Å². The number of hydrogen-bond donors (Lipinski definition) is 2. The second-order valence-electron chi connectivity index (χ2n) is 8.30. The molecular weight excluding hydrogens is 448 g/mol. The molecule has 0 atom stereocenters. The number of morpholine rings is 1. The summed E-state index contributed by atoms with van der Waals surface area (Å²) >= 11 is 0. The van der Waals surface area contributed by atoms with Crippen LogP contribution in [0.3, 0.4) is 0 Å². The Labute approximate surface area is 203 Å². The van der Waals surface area contributed by atoms with Gasteiger partial charge in [0.2, 0.25) is 0 Å². The normalized spacial score (nSPS) is 14.8. The number of nitrogens with zero attached hydrogens (tertiary/aromatic N) is 2. The Morgan fingerprint density at radius 1 is 0.829 bits per heavy atom. The number of rotatable bonds is 5. The van der Waals surface area contributed by atoms with Crippen LogP contribution in [0, 0.1) is 6.92 Å². The van der Waals surface area contributed by atoms with Crippen LogP contribution < -0.4 is 25.0 Å². The molecule has 2 N–H and O–H groups in total. The van der Waals surface area contributed by atoms with Crippen molar-refractivity contribution in [1.82, 2.24) is 4.98 Å². The van der Waals surface area contributed by atoms with Crippen LogP contribution in [-0.4, -0.2) is 56.3 Å². The highest BCUT2D eigenvalue weighted by Crippen LogP contribution is 2.31. The molecular formula is C26H26N4O5. The van der Waals surface area contributed by atoms with Crippen LogP contribution in [0.5, 0.6) is 11.5 Å². The van der Waals surface area contributed by atoms with E-state index in [4.69, 9.17) is 14.2 Å². The fourth-order valence-corrected chi connectivity index (χ4v) is 3.94. The smallest absolute Gasteiger partial charge is 0.255 e. The van der Waals surface area contributed by atoms with E-state index in [1.54, 1.807) is 48.7 Å². The number of pyridine rings is 1. The fourth-order valence-electron chi connectivity index (χ4n) is 3.94. The molecule has 3 aromatic rings. The summed E-state index contributed by atoms with van der Waals surface area (Å²) < 4.78 is 16.5. The number of aromatic nitrogens is 1. The predicted molar refractivity (Wildman–Crippen MR) is 132 cm³/mol. The molecule has 0 bridgehead atoms. The van der Waals surface area contributed by atoms with Crippen molar-refractivity contribution in [2.45, 2.75) is 6.92 Å². The van der Waals surface area contributed by atoms with E-state index in [2.05, 4.69) is 20.5 Å². The molecule has 2 aliphatic heterocycles. The number of amides is 2. The van der Waals surface area contributed by atoms with Gasteiger partial charge in [-0.1, -0.05) is 6.07 Å². The van der Waals surface area contributed by atoms with Crippen LogP contribution in [0.4, 0.5) is 17.2 Å². The minimum Gasteiger partial charge on any atom is -0.486 e. The van der Waals surface area contributed by atoms with Crippen molar-refractivity contribution < 1.29 is 23.8 Å². The average molecular weight is 475 g/mol. The third-order valence-corrected chi connectivity index (χ3v) is 5.89. The monoisotopic (exact) mass is 474 g/mol. The molecule has 0 radical (unpaired) electrons. The van der Waals surface area contributed by atoms with Crippen molar-refractivity contribution in [1.29, 1.82) is 0 Å². The van der Waals surface area contributed by atoms with E-state index >= 15 is 0 Å². The zero-order valence-corrected chi connectivity index (χ0v) is 19.4. The highest BCUT2D eigenvalue weighted by Gasteiger charge is 2.17. The third-order valence-electron chi connectivity index (χ3n) is 5.89. The molecule has 2 aliphatic rings. The lowest BCUT2D eigenvalue weighted by atomic mass is 10.1. The number of carbonyl (C=O) groups excluding carboxylic acids is 2. The van der Waals surface area contributed by atoms with Crippen LogP contribution in [0.1, 0.15) is 26.3 Å². The van der Waals surface area contributed by atoms with Crippen molar-refractivity contribution in [3.63, 3.8) is 0 Å². The van der Waals surface area contributed by atoms with Gasteiger partial charge in [-0.2, -0.15) is 0 Å². The lowest BCUT2D eigenvalue weighted by Gasteiger charge is -2.27. The minimum absolute atomic E-state index is 0.250. The molecule has 5 rings (SSSR count). The molecule has 2 aromatic carbocycles. The number of aryl methyl sites for hydroxylation is 1. The Bertz CT molecular complexity index is 1260. The van der Waals surface area contributed by atoms with Crippen molar-refractivity contribution in [2.75, 3.05) is 55.1 Å². The molecule has 9 nitrogen and oxygen atoms in total. The number of hydrogen-bond acceptors (Lipinski definition) is 7. The maximum Gasteiger partial charge on any atom is 0.255 e. The van der Waals surface area contributed by atoms with E-state index in [9.17, 15) is 9.59 Å². The molecule has 35 heavy (non-hydrogen) atoms. The summed E-state index contributed by atoms with van der Waals surface area (Å²) in [6.07, 6.45) is 1.64. The summed E-state index contributed by atoms with van der Waals surface area (Å²) in [6, 6.07) is 13.9. The summed E-state index contributed by atoms with van der Waals surface area (Å²) in [7, 11) is 0. The first-order valence-electron chi connectivity index (χ1n) is 11.5. The van der Waals surface area contributed by atoms with Gasteiger partial charge < -0.3 is 29.7 Å². The van der Waals surface area contributed by atoms with E-state index in [0.717, 1.165) is 24.5 Å². The Morgan fingerprint density at radius 2 is 1.57 bits per heavy atom. The van der Waals surface area contributed by atoms with Crippen LogP contribution in [-0.2, 0) is 4.74 Å². The van der Waals surface area contributed by atoms with Gasteiger partial charge in [0.25, 0.3) is 11.8 Å². The molecule has 1 fully saturated rings. The van der Waals surface area contributed by atoms with E-state index < -0.39 is 0 Å². The molecule has 1 saturated heterocycles. The largest absolute Gasteiger partial charge is 0.486 e. The van der Waals surface area contributed by atoms with Gasteiger partial charge in [0, 0.05) is 41.8 Å². The summed E-state index contributed by atoms with van der Waals surface area (Å²) in [5.41, 5.74) is 3.01. The maximum absolute atomic E-state index is 13.0. The fraction of sp³-hybridized carbons (Fsp3) is 0.269. The van der Waals surface area contributed by atoms with Crippen molar-refractivity contribution in [2.24, 2.45) is 0 Å². The summed E-state index contributed by atoms with van der Waals surface area (Å²) in [6.45, 7) is 5.59. The van der Waals surface area contributed by atoms with Crippen molar-refractivity contribution in [3.05, 3.63) is 71.4 Å². The third kappa shape index (κ3) is 5.20. The topological polar surface area (TPSA) is 102 Å². The zero-order chi connectivity index (χ0) is 24.2. The maximum atomic E-state index is 13.0. The number of anilines is 3. The number of carbonyl (C=O) groups is 2. The second kappa shape index (κ2) is 10.0. The second-order valence-corrected chi connectivity index (χ2v) is 8.30. The highest BCUT2D eigenvalue weighted by atomic mass is 16.6. The standard InChI is InChI=1S/C26H26N4O5/c1-17-2-4-20(28-25(31)18-3-5-22-23(14-18)35-13-12-34-22)16-21(17)29-26(32)19-6-7-27-24(15-19)30-8-10-33-11-9-30/h2-7,14-16H,8-13H2,1H3,(H,28,31)(H,29,32). The summed E-state index contributed by atoms with van der Waals surface area (Å²) in [5, 5.41) is 5.84. The van der Waals surface area contributed by atoms with E-state index in [-0.39, 0.29) is 11.8 Å². The first-order valence-corrected chi connectivity index (χ1v) is 11.5. The Kier molecular flexibility index (Phi) is 6.49. The van der Waals surface area contributed by atoms with Gasteiger partial charge in [-0.3, -0.25) is 9.59 Å². The summed E-state index contributed by atoms with van der Waals surface area (Å²) in [5.74, 6) is 1.39. The van der Waals surface area contributed by atoms with E-state index in [1.807, 2.05) is 13.0 Å². The van der Waals surface area contributed by atoms with Crippen molar-refractivity contribution in [3.8, 4) is 11.5 Å². The molecule has 0 saturated carbocycles. The van der Waals surface area contributed by atoms with Crippen LogP contribution in [0.15, 0.2) is 54.7 Å². The average Bonchev–Trinajstić information content (AvgIpc) is 2.91. The Balaban J connectivity index is 1.29. The zero-order valence-electron chi connectivity index (χ0n) is 19.4. The van der Waals surface area contributed by atoms with Crippen LogP contribution in [0.2, 0.25) is 0 Å². The Morgan fingerprint density at radius 3 is 2.40 bits per heavy atom. The van der Waals surface area contributed by atoms with Gasteiger partial charge in [-0.15, -0.1) is 0 Å². The molecule has 3 heterocycles.